The first-order chi connectivity index (χ1) is 15.5. The predicted molar refractivity (Wildman–Crippen MR) is 116 cm³/mol. The minimum Gasteiger partial charge on any atom is -0.494 e. The van der Waals surface area contributed by atoms with E-state index in [-0.39, 0.29) is 28.4 Å². The largest absolute Gasteiger partial charge is 0.494 e. The zero-order chi connectivity index (χ0) is 22.7. The average molecular weight is 430 g/mol. The Morgan fingerprint density at radius 3 is 2.34 bits per heavy atom. The van der Waals surface area contributed by atoms with E-state index in [0.717, 1.165) is 0 Å². The van der Waals surface area contributed by atoms with Gasteiger partial charge < -0.3 is 14.9 Å². The molecule has 0 atom stereocenters. The Hall–Kier alpha value is -4.53. The van der Waals surface area contributed by atoms with E-state index < -0.39 is 11.8 Å². The Balaban J connectivity index is 1.64. The van der Waals surface area contributed by atoms with Crippen molar-refractivity contribution in [2.45, 2.75) is 6.92 Å². The lowest BCUT2D eigenvalue weighted by Gasteiger charge is -2.08. The summed E-state index contributed by atoms with van der Waals surface area (Å²) < 4.78 is 6.66. The SMILES string of the molecule is CCOc1ccc(-n2c(O)c3ccc(C(=O)N=NC(=O)c4ccccn4)cc3c2O)cc1. The Kier molecular flexibility index (Phi) is 5.63. The molecule has 0 saturated carbocycles. The Labute approximate surface area is 182 Å². The molecule has 0 radical (unpaired) electrons. The fourth-order valence-corrected chi connectivity index (χ4v) is 3.19. The molecular formula is C23H18N4O5. The highest BCUT2D eigenvalue weighted by Crippen LogP contribution is 2.39. The molecule has 0 aliphatic carbocycles. The fourth-order valence-electron chi connectivity index (χ4n) is 3.19. The van der Waals surface area contributed by atoms with Crippen LogP contribution in [0.1, 0.15) is 27.8 Å². The summed E-state index contributed by atoms with van der Waals surface area (Å²) >= 11 is 0. The van der Waals surface area contributed by atoms with Crippen LogP contribution in [0.25, 0.3) is 16.5 Å². The van der Waals surface area contributed by atoms with Gasteiger partial charge in [0.2, 0.25) is 11.8 Å². The van der Waals surface area contributed by atoms with Crippen molar-refractivity contribution < 1.29 is 24.5 Å². The van der Waals surface area contributed by atoms with Crippen LogP contribution < -0.4 is 4.74 Å². The van der Waals surface area contributed by atoms with Crippen LogP contribution in [0.15, 0.2) is 77.1 Å². The van der Waals surface area contributed by atoms with Crippen LogP contribution in [0.3, 0.4) is 0 Å². The number of benzene rings is 2. The quantitative estimate of drug-likeness (QED) is 0.455. The molecule has 9 heteroatoms. The second-order valence-corrected chi connectivity index (χ2v) is 6.70. The maximum Gasteiger partial charge on any atom is 0.314 e. The van der Waals surface area contributed by atoms with E-state index in [1.54, 1.807) is 36.4 Å². The van der Waals surface area contributed by atoms with Crippen LogP contribution in [-0.2, 0) is 0 Å². The Bertz CT molecular complexity index is 1330. The molecule has 2 aromatic heterocycles. The van der Waals surface area contributed by atoms with Crippen molar-refractivity contribution in [2.24, 2.45) is 10.2 Å². The highest BCUT2D eigenvalue weighted by Gasteiger charge is 2.19. The van der Waals surface area contributed by atoms with Gasteiger partial charge in [-0.25, -0.2) is 0 Å². The maximum atomic E-state index is 12.4. The molecule has 0 fully saturated rings. The van der Waals surface area contributed by atoms with Crippen LogP contribution in [0.4, 0.5) is 0 Å². The molecule has 4 rings (SSSR count). The van der Waals surface area contributed by atoms with Gasteiger partial charge in [-0.15, -0.1) is 10.2 Å². The van der Waals surface area contributed by atoms with Gasteiger partial charge in [-0.3, -0.25) is 19.1 Å². The zero-order valence-corrected chi connectivity index (χ0v) is 17.0. The number of ether oxygens (including phenoxy) is 1. The molecule has 0 saturated heterocycles. The molecule has 9 nitrogen and oxygen atoms in total. The van der Waals surface area contributed by atoms with Gasteiger partial charge in [0, 0.05) is 22.5 Å². The number of carbonyl (C=O) groups excluding carboxylic acids is 2. The van der Waals surface area contributed by atoms with Crippen LogP contribution >= 0.6 is 0 Å². The number of hydrogen-bond acceptors (Lipinski definition) is 6. The maximum absolute atomic E-state index is 12.4. The van der Waals surface area contributed by atoms with Crippen molar-refractivity contribution in [3.63, 3.8) is 0 Å². The number of nitrogens with zero attached hydrogens (tertiary/aromatic N) is 4. The van der Waals surface area contributed by atoms with Gasteiger partial charge in [-0.1, -0.05) is 6.07 Å². The molecule has 2 heterocycles. The normalized spacial score (nSPS) is 11.2. The van der Waals surface area contributed by atoms with E-state index in [1.807, 2.05) is 6.92 Å². The van der Waals surface area contributed by atoms with E-state index in [1.165, 1.54) is 35.0 Å². The van der Waals surface area contributed by atoms with E-state index in [4.69, 9.17) is 4.74 Å². The van der Waals surface area contributed by atoms with Gasteiger partial charge >= 0.3 is 5.91 Å². The number of aromatic hydroxyl groups is 2. The molecule has 0 unspecified atom stereocenters. The third-order valence-electron chi connectivity index (χ3n) is 4.69. The van der Waals surface area contributed by atoms with Crippen molar-refractivity contribution in [1.29, 1.82) is 0 Å². The van der Waals surface area contributed by atoms with E-state index >= 15 is 0 Å². The minimum atomic E-state index is -0.774. The number of rotatable bonds is 5. The first-order valence-electron chi connectivity index (χ1n) is 9.70. The molecular weight excluding hydrogens is 412 g/mol. The minimum absolute atomic E-state index is 0.0644. The number of carbonyl (C=O) groups is 2. The molecule has 2 N–H and O–H groups in total. The third kappa shape index (κ3) is 3.91. The first kappa shape index (κ1) is 20.7. The summed E-state index contributed by atoms with van der Waals surface area (Å²) in [6.07, 6.45) is 1.43. The molecule has 0 aliphatic rings. The summed E-state index contributed by atoms with van der Waals surface area (Å²) in [4.78, 5) is 28.2. The molecule has 2 aromatic carbocycles. The number of hydrogen-bond donors (Lipinski definition) is 2. The molecule has 2 amide bonds. The first-order valence-corrected chi connectivity index (χ1v) is 9.70. The van der Waals surface area contributed by atoms with Gasteiger partial charge in [0.25, 0.3) is 5.91 Å². The summed E-state index contributed by atoms with van der Waals surface area (Å²) in [5.41, 5.74) is 0.664. The molecule has 4 aromatic rings. The van der Waals surface area contributed by atoms with Crippen molar-refractivity contribution in [2.75, 3.05) is 6.61 Å². The smallest absolute Gasteiger partial charge is 0.314 e. The summed E-state index contributed by atoms with van der Waals surface area (Å²) in [5.74, 6) is -1.30. The van der Waals surface area contributed by atoms with Crippen molar-refractivity contribution >= 4 is 22.6 Å². The third-order valence-corrected chi connectivity index (χ3v) is 4.69. The topological polar surface area (TPSA) is 126 Å². The summed E-state index contributed by atoms with van der Waals surface area (Å²) in [6, 6.07) is 15.8. The van der Waals surface area contributed by atoms with E-state index in [2.05, 4.69) is 15.2 Å². The Morgan fingerprint density at radius 1 is 0.938 bits per heavy atom. The van der Waals surface area contributed by atoms with Crippen molar-refractivity contribution in [1.82, 2.24) is 9.55 Å². The highest BCUT2D eigenvalue weighted by molar-refractivity contribution is 6.03. The van der Waals surface area contributed by atoms with Crippen LogP contribution in [0.2, 0.25) is 0 Å². The highest BCUT2D eigenvalue weighted by atomic mass is 16.5. The van der Waals surface area contributed by atoms with Crippen LogP contribution in [-0.4, -0.2) is 38.2 Å². The van der Waals surface area contributed by atoms with Gasteiger partial charge in [0.05, 0.1) is 12.3 Å². The molecule has 0 spiro atoms. The van der Waals surface area contributed by atoms with E-state index in [9.17, 15) is 19.8 Å². The number of aromatic nitrogens is 2. The summed E-state index contributed by atoms with van der Waals surface area (Å²) in [5, 5.41) is 28.8. The van der Waals surface area contributed by atoms with Crippen LogP contribution in [0, 0.1) is 0 Å². The molecule has 32 heavy (non-hydrogen) atoms. The fraction of sp³-hybridized carbons (Fsp3) is 0.0870. The summed E-state index contributed by atoms with van der Waals surface area (Å²) in [6.45, 7) is 2.39. The predicted octanol–water partition coefficient (Wildman–Crippen LogP) is 4.27. The molecule has 160 valence electrons. The van der Waals surface area contributed by atoms with Crippen molar-refractivity contribution in [3.05, 3.63) is 78.1 Å². The zero-order valence-electron chi connectivity index (χ0n) is 17.0. The second-order valence-electron chi connectivity index (χ2n) is 6.70. The van der Waals surface area contributed by atoms with Gasteiger partial charge in [0.1, 0.15) is 11.4 Å². The second kappa shape index (κ2) is 8.68. The van der Waals surface area contributed by atoms with Gasteiger partial charge in [-0.05, 0) is 61.5 Å². The average Bonchev–Trinajstić information content (AvgIpc) is 3.08. The molecule has 0 bridgehead atoms. The number of fused-ring (bicyclic) bond motifs is 1. The summed E-state index contributed by atoms with van der Waals surface area (Å²) in [7, 11) is 0. The van der Waals surface area contributed by atoms with Gasteiger partial charge in [-0.2, -0.15) is 0 Å². The standard InChI is InChI=1S/C23H18N4O5/c1-2-32-16-9-7-15(8-10-16)27-22(30)17-11-6-14(13-18(17)23(27)31)20(28)25-26-21(29)19-5-3-4-12-24-19/h3-13,30-31H,2H2,1H3. The molecule has 0 aliphatic heterocycles. The van der Waals surface area contributed by atoms with Crippen molar-refractivity contribution in [3.8, 4) is 23.2 Å². The lowest BCUT2D eigenvalue weighted by Crippen LogP contribution is -1.99. The number of amides is 2. The van der Waals surface area contributed by atoms with Crippen LogP contribution in [0.5, 0.6) is 17.5 Å². The number of azo groups is 1. The van der Waals surface area contributed by atoms with E-state index in [0.29, 0.717) is 23.4 Å². The lowest BCUT2D eigenvalue weighted by atomic mass is 10.1. The van der Waals surface area contributed by atoms with Gasteiger partial charge in [0.15, 0.2) is 0 Å². The lowest BCUT2D eigenvalue weighted by molar-refractivity contribution is 0.0944. The number of pyridine rings is 1. The Morgan fingerprint density at radius 2 is 1.66 bits per heavy atom. The monoisotopic (exact) mass is 430 g/mol.